The Morgan fingerprint density at radius 1 is 1.15 bits per heavy atom. The number of nitrogens with one attached hydrogen (secondary N) is 2. The highest BCUT2D eigenvalue weighted by atomic mass is 16.5. The van der Waals surface area contributed by atoms with Crippen molar-refractivity contribution in [1.29, 1.82) is 0 Å². The van der Waals surface area contributed by atoms with Crippen LogP contribution in [0.1, 0.15) is 39.0 Å². The summed E-state index contributed by atoms with van der Waals surface area (Å²) in [6.45, 7) is 5.86. The molecule has 3 aliphatic heterocycles. The minimum atomic E-state index is -0.133. The first-order valence-corrected chi connectivity index (χ1v) is 9.79. The molecule has 3 fully saturated rings. The number of likely N-dealkylation sites (tertiary alicyclic amines) is 2. The average Bonchev–Trinajstić information content (AvgIpc) is 2.68. The van der Waals surface area contributed by atoms with Crippen molar-refractivity contribution >= 4 is 17.8 Å². The molecule has 3 rings (SSSR count). The zero-order chi connectivity index (χ0) is 18.5. The van der Waals surface area contributed by atoms with Gasteiger partial charge in [-0.3, -0.25) is 24.7 Å². The summed E-state index contributed by atoms with van der Waals surface area (Å²) in [7, 11) is 0. The van der Waals surface area contributed by atoms with E-state index >= 15 is 0 Å². The Balaban J connectivity index is 1.50. The third-order valence-electron chi connectivity index (χ3n) is 5.73. The fraction of sp³-hybridized carbons (Fsp3) is 0.833. The van der Waals surface area contributed by atoms with Gasteiger partial charge in [-0.1, -0.05) is 0 Å². The van der Waals surface area contributed by atoms with Gasteiger partial charge in [0.2, 0.25) is 11.8 Å². The number of carbonyl (C=O) groups is 3. The van der Waals surface area contributed by atoms with Crippen LogP contribution in [-0.2, 0) is 19.1 Å². The van der Waals surface area contributed by atoms with Crippen LogP contribution in [0.4, 0.5) is 0 Å². The Kier molecular flexibility index (Phi) is 6.48. The predicted octanol–water partition coefficient (Wildman–Crippen LogP) is -0.107. The summed E-state index contributed by atoms with van der Waals surface area (Å²) in [5.74, 6) is -0.00552. The molecule has 26 heavy (non-hydrogen) atoms. The maximum atomic E-state index is 12.9. The minimum Gasteiger partial charge on any atom is -0.466 e. The summed E-state index contributed by atoms with van der Waals surface area (Å²) in [4.78, 5) is 40.6. The number of hydrogen-bond acceptors (Lipinski definition) is 6. The van der Waals surface area contributed by atoms with Gasteiger partial charge >= 0.3 is 5.97 Å². The van der Waals surface area contributed by atoms with Crippen LogP contribution in [0.5, 0.6) is 0 Å². The third-order valence-corrected chi connectivity index (χ3v) is 5.73. The molecule has 3 aliphatic rings. The molecule has 0 aliphatic carbocycles. The lowest BCUT2D eigenvalue weighted by molar-refractivity contribution is -0.152. The molecule has 2 N–H and O–H groups in total. The number of esters is 1. The number of ether oxygens (including phenoxy) is 1. The van der Waals surface area contributed by atoms with Gasteiger partial charge < -0.3 is 9.64 Å². The van der Waals surface area contributed by atoms with Crippen LogP contribution in [0.3, 0.4) is 0 Å². The van der Waals surface area contributed by atoms with E-state index in [-0.39, 0.29) is 35.7 Å². The highest BCUT2D eigenvalue weighted by Crippen LogP contribution is 2.25. The van der Waals surface area contributed by atoms with Crippen molar-refractivity contribution in [2.24, 2.45) is 11.8 Å². The van der Waals surface area contributed by atoms with Crippen molar-refractivity contribution in [3.63, 3.8) is 0 Å². The number of hydrogen-bond donors (Lipinski definition) is 2. The molecule has 8 nitrogen and oxygen atoms in total. The fourth-order valence-electron chi connectivity index (χ4n) is 4.26. The van der Waals surface area contributed by atoms with Gasteiger partial charge in [-0.15, -0.1) is 0 Å². The summed E-state index contributed by atoms with van der Waals surface area (Å²) in [6.07, 6.45) is 3.74. The Morgan fingerprint density at radius 3 is 2.62 bits per heavy atom. The molecule has 0 saturated carbocycles. The second-order valence-corrected chi connectivity index (χ2v) is 7.47. The van der Waals surface area contributed by atoms with Crippen molar-refractivity contribution in [2.45, 2.75) is 45.1 Å². The molecule has 3 saturated heterocycles. The molecule has 0 aromatic heterocycles. The first-order valence-electron chi connectivity index (χ1n) is 9.79. The van der Waals surface area contributed by atoms with Crippen molar-refractivity contribution in [1.82, 2.24) is 20.7 Å². The summed E-state index contributed by atoms with van der Waals surface area (Å²) in [5, 5.41) is 0. The number of carbonyl (C=O) groups excluding carboxylic acids is 3. The second kappa shape index (κ2) is 8.81. The van der Waals surface area contributed by atoms with Crippen LogP contribution >= 0.6 is 0 Å². The smallest absolute Gasteiger partial charge is 0.309 e. The molecule has 2 atom stereocenters. The van der Waals surface area contributed by atoms with Crippen LogP contribution < -0.4 is 10.9 Å². The standard InChI is InChI=1S/C18H30N4O4/c1-2-26-18(25)13-5-8-21(9-6-13)17(24)14-4-3-7-22(12-14)15-10-16(23)20-19-11-15/h13-15,19H,2-12H2,1H3,(H,20,23). The zero-order valence-corrected chi connectivity index (χ0v) is 15.5. The van der Waals surface area contributed by atoms with E-state index in [0.29, 0.717) is 39.0 Å². The maximum Gasteiger partial charge on any atom is 0.309 e. The lowest BCUT2D eigenvalue weighted by atomic mass is 9.92. The first-order chi connectivity index (χ1) is 12.6. The summed E-state index contributed by atoms with van der Waals surface area (Å²) < 4.78 is 5.10. The molecule has 3 heterocycles. The van der Waals surface area contributed by atoms with Crippen molar-refractivity contribution in [3.05, 3.63) is 0 Å². The van der Waals surface area contributed by atoms with Crippen molar-refractivity contribution in [2.75, 3.05) is 39.3 Å². The number of rotatable bonds is 4. The van der Waals surface area contributed by atoms with Crippen molar-refractivity contribution < 1.29 is 19.1 Å². The van der Waals surface area contributed by atoms with E-state index in [2.05, 4.69) is 15.8 Å². The Bertz CT molecular complexity index is 533. The summed E-state index contributed by atoms with van der Waals surface area (Å²) >= 11 is 0. The van der Waals surface area contributed by atoms with Crippen LogP contribution in [0.25, 0.3) is 0 Å². The Morgan fingerprint density at radius 2 is 1.92 bits per heavy atom. The first kappa shape index (κ1) is 19.1. The van der Waals surface area contributed by atoms with E-state index in [0.717, 1.165) is 32.5 Å². The molecule has 0 radical (unpaired) electrons. The SMILES string of the molecule is CCOC(=O)C1CCN(C(=O)C2CCCN(C3CNNC(=O)C3)C2)CC1. The molecule has 0 aromatic carbocycles. The van der Waals surface area contributed by atoms with E-state index in [1.807, 2.05) is 11.8 Å². The lowest BCUT2D eigenvalue weighted by Gasteiger charge is -2.41. The van der Waals surface area contributed by atoms with Crippen LogP contribution in [-0.4, -0.2) is 73.0 Å². The number of hydrazine groups is 1. The molecule has 0 aromatic rings. The number of piperidine rings is 2. The predicted molar refractivity (Wildman–Crippen MR) is 94.8 cm³/mol. The summed E-state index contributed by atoms with van der Waals surface area (Å²) in [5.41, 5.74) is 5.57. The largest absolute Gasteiger partial charge is 0.466 e. The van der Waals surface area contributed by atoms with E-state index in [9.17, 15) is 14.4 Å². The van der Waals surface area contributed by atoms with E-state index in [1.165, 1.54) is 0 Å². The molecule has 0 spiro atoms. The van der Waals surface area contributed by atoms with E-state index in [1.54, 1.807) is 0 Å². The average molecular weight is 366 g/mol. The second-order valence-electron chi connectivity index (χ2n) is 7.47. The maximum absolute atomic E-state index is 12.9. The molecule has 8 heteroatoms. The minimum absolute atomic E-state index is 0.00659. The molecular weight excluding hydrogens is 336 g/mol. The quantitative estimate of drug-likeness (QED) is 0.675. The van der Waals surface area contributed by atoms with Crippen LogP contribution in [0, 0.1) is 11.8 Å². The fourth-order valence-corrected chi connectivity index (χ4v) is 4.26. The monoisotopic (exact) mass is 366 g/mol. The van der Waals surface area contributed by atoms with E-state index < -0.39 is 0 Å². The molecular formula is C18H30N4O4. The molecule has 2 amide bonds. The highest BCUT2D eigenvalue weighted by molar-refractivity contribution is 5.80. The summed E-state index contributed by atoms with van der Waals surface area (Å²) in [6, 6.07) is 0.161. The van der Waals surface area contributed by atoms with Gasteiger partial charge in [0.25, 0.3) is 0 Å². The molecule has 0 bridgehead atoms. The number of amides is 2. The molecule has 2 unspecified atom stereocenters. The number of nitrogens with zero attached hydrogens (tertiary/aromatic N) is 2. The van der Waals surface area contributed by atoms with Gasteiger partial charge in [0.05, 0.1) is 18.4 Å². The van der Waals surface area contributed by atoms with Crippen LogP contribution in [0.15, 0.2) is 0 Å². The van der Waals surface area contributed by atoms with Gasteiger partial charge in [-0.2, -0.15) is 0 Å². The zero-order valence-electron chi connectivity index (χ0n) is 15.5. The van der Waals surface area contributed by atoms with Gasteiger partial charge in [-0.05, 0) is 39.2 Å². The third kappa shape index (κ3) is 4.54. The van der Waals surface area contributed by atoms with Gasteiger partial charge in [-0.25, -0.2) is 5.43 Å². The molecule has 146 valence electrons. The van der Waals surface area contributed by atoms with Gasteiger partial charge in [0.15, 0.2) is 0 Å². The Labute approximate surface area is 154 Å². The van der Waals surface area contributed by atoms with Crippen LogP contribution in [0.2, 0.25) is 0 Å². The van der Waals surface area contributed by atoms with Gasteiger partial charge in [0.1, 0.15) is 0 Å². The lowest BCUT2D eigenvalue weighted by Crippen LogP contribution is -2.58. The van der Waals surface area contributed by atoms with Crippen molar-refractivity contribution in [3.8, 4) is 0 Å². The topological polar surface area (TPSA) is 91.0 Å². The normalized spacial score (nSPS) is 28.5. The van der Waals surface area contributed by atoms with E-state index in [4.69, 9.17) is 4.74 Å². The van der Waals surface area contributed by atoms with Gasteiger partial charge in [0, 0.05) is 38.6 Å². The Hall–Kier alpha value is -1.67. The highest BCUT2D eigenvalue weighted by Gasteiger charge is 2.35.